The van der Waals surface area contributed by atoms with E-state index in [0.717, 1.165) is 30.6 Å². The second-order valence-corrected chi connectivity index (χ2v) is 4.71. The molecule has 7 heteroatoms. The minimum Gasteiger partial charge on any atom is -0.368 e. The van der Waals surface area contributed by atoms with Gasteiger partial charge in [0.1, 0.15) is 12.5 Å². The predicted octanol–water partition coefficient (Wildman–Crippen LogP) is -0.644. The van der Waals surface area contributed by atoms with Gasteiger partial charge in [0, 0.05) is 0 Å². The second kappa shape index (κ2) is 4.75. The number of urea groups is 1. The van der Waals surface area contributed by atoms with E-state index in [0.29, 0.717) is 0 Å². The van der Waals surface area contributed by atoms with Crippen molar-refractivity contribution in [2.75, 3.05) is 6.54 Å². The first-order chi connectivity index (χ1) is 8.50. The highest BCUT2D eigenvalue weighted by Crippen LogP contribution is 2.33. The number of barbiturate groups is 1. The van der Waals surface area contributed by atoms with Crippen LogP contribution in [-0.2, 0) is 14.4 Å². The molecule has 1 unspecified atom stereocenters. The Morgan fingerprint density at radius 1 is 1.28 bits per heavy atom. The average Bonchev–Trinajstić information content (AvgIpc) is 2.77. The zero-order chi connectivity index (χ0) is 13.3. The molecule has 1 saturated heterocycles. The first-order valence-electron chi connectivity index (χ1n) is 5.95. The molecule has 1 saturated carbocycles. The standard InChI is InChI=1S/C11H15N3O4/c12-7(15)5-14-10(17)8(6-3-1-2-4-6)9(16)13-11(14)18/h6,8H,1-5H2,(H2,12,15)(H,13,16,18). The Labute approximate surface area is 104 Å². The lowest BCUT2D eigenvalue weighted by atomic mass is 9.87. The van der Waals surface area contributed by atoms with Gasteiger partial charge in [0.05, 0.1) is 0 Å². The van der Waals surface area contributed by atoms with Gasteiger partial charge in [-0.15, -0.1) is 0 Å². The van der Waals surface area contributed by atoms with E-state index >= 15 is 0 Å². The van der Waals surface area contributed by atoms with Gasteiger partial charge in [-0.1, -0.05) is 12.8 Å². The fraction of sp³-hybridized carbons (Fsp3) is 0.636. The monoisotopic (exact) mass is 253 g/mol. The van der Waals surface area contributed by atoms with Crippen LogP contribution in [0.2, 0.25) is 0 Å². The number of carbonyl (C=O) groups is 4. The summed E-state index contributed by atoms with van der Waals surface area (Å²) in [4.78, 5) is 46.9. The van der Waals surface area contributed by atoms with Crippen LogP contribution < -0.4 is 11.1 Å². The molecule has 3 N–H and O–H groups in total. The fourth-order valence-electron chi connectivity index (χ4n) is 2.64. The maximum atomic E-state index is 12.1. The molecule has 0 bridgehead atoms. The molecular weight excluding hydrogens is 238 g/mol. The zero-order valence-corrected chi connectivity index (χ0v) is 9.85. The summed E-state index contributed by atoms with van der Waals surface area (Å²) in [6.45, 7) is -0.485. The highest BCUT2D eigenvalue weighted by Gasteiger charge is 2.45. The maximum Gasteiger partial charge on any atom is 0.331 e. The normalized spacial score (nSPS) is 25.4. The molecule has 98 valence electrons. The van der Waals surface area contributed by atoms with E-state index in [-0.39, 0.29) is 5.92 Å². The molecule has 1 atom stereocenters. The van der Waals surface area contributed by atoms with E-state index in [1.165, 1.54) is 0 Å². The third kappa shape index (κ3) is 2.20. The van der Waals surface area contributed by atoms with E-state index in [1.54, 1.807) is 0 Å². The van der Waals surface area contributed by atoms with Gasteiger partial charge in [-0.2, -0.15) is 0 Å². The van der Waals surface area contributed by atoms with E-state index in [1.807, 2.05) is 0 Å². The van der Waals surface area contributed by atoms with Crippen LogP contribution in [0, 0.1) is 11.8 Å². The number of amides is 5. The Morgan fingerprint density at radius 2 is 1.89 bits per heavy atom. The lowest BCUT2D eigenvalue weighted by Crippen LogP contribution is -2.60. The first kappa shape index (κ1) is 12.5. The summed E-state index contributed by atoms with van der Waals surface area (Å²) in [7, 11) is 0. The number of nitrogens with one attached hydrogen (secondary N) is 1. The quantitative estimate of drug-likeness (QED) is 0.651. The van der Waals surface area contributed by atoms with Crippen LogP contribution in [0.5, 0.6) is 0 Å². The van der Waals surface area contributed by atoms with Crippen molar-refractivity contribution in [2.45, 2.75) is 25.7 Å². The Kier molecular flexibility index (Phi) is 3.31. The third-order valence-electron chi connectivity index (χ3n) is 3.48. The average molecular weight is 253 g/mol. The molecule has 2 rings (SSSR count). The topological polar surface area (TPSA) is 110 Å². The van der Waals surface area contributed by atoms with Crippen molar-refractivity contribution >= 4 is 23.8 Å². The Balaban J connectivity index is 2.19. The van der Waals surface area contributed by atoms with E-state index < -0.39 is 36.2 Å². The Morgan fingerprint density at radius 3 is 2.44 bits per heavy atom. The van der Waals surface area contributed by atoms with Gasteiger partial charge in [-0.3, -0.25) is 24.6 Å². The number of hydrogen-bond acceptors (Lipinski definition) is 4. The number of primary amides is 1. The maximum absolute atomic E-state index is 12.1. The van der Waals surface area contributed by atoms with Crippen LogP contribution in [0.1, 0.15) is 25.7 Å². The van der Waals surface area contributed by atoms with Gasteiger partial charge in [-0.05, 0) is 18.8 Å². The van der Waals surface area contributed by atoms with Crippen LogP contribution in [0.3, 0.4) is 0 Å². The number of nitrogens with zero attached hydrogens (tertiary/aromatic N) is 1. The van der Waals surface area contributed by atoms with Crippen LogP contribution in [0.25, 0.3) is 0 Å². The van der Waals surface area contributed by atoms with Gasteiger partial charge in [0.2, 0.25) is 17.7 Å². The molecule has 0 aromatic carbocycles. The molecule has 1 aliphatic carbocycles. The minimum absolute atomic E-state index is 0.0408. The summed E-state index contributed by atoms with van der Waals surface area (Å²) in [6, 6.07) is -0.863. The second-order valence-electron chi connectivity index (χ2n) is 4.71. The Bertz CT molecular complexity index is 415. The largest absolute Gasteiger partial charge is 0.368 e. The van der Waals surface area contributed by atoms with Crippen molar-refractivity contribution in [3.63, 3.8) is 0 Å². The lowest BCUT2D eigenvalue weighted by Gasteiger charge is -2.32. The van der Waals surface area contributed by atoms with Crippen molar-refractivity contribution in [1.82, 2.24) is 10.2 Å². The van der Waals surface area contributed by atoms with E-state index in [4.69, 9.17) is 5.73 Å². The SMILES string of the molecule is NC(=O)CN1C(=O)NC(=O)C(C2CCCC2)C1=O. The van der Waals surface area contributed by atoms with E-state index in [9.17, 15) is 19.2 Å². The molecular formula is C11H15N3O4. The van der Waals surface area contributed by atoms with Crippen molar-refractivity contribution in [1.29, 1.82) is 0 Å². The molecule has 1 heterocycles. The predicted molar refractivity (Wildman–Crippen MR) is 59.9 cm³/mol. The third-order valence-corrected chi connectivity index (χ3v) is 3.48. The summed E-state index contributed by atoms with van der Waals surface area (Å²) in [5, 5.41) is 2.11. The number of imide groups is 2. The molecule has 0 aromatic rings. The van der Waals surface area contributed by atoms with Crippen molar-refractivity contribution in [2.24, 2.45) is 17.6 Å². The molecule has 2 fully saturated rings. The summed E-state index contributed by atoms with van der Waals surface area (Å²) in [5.74, 6) is -2.84. The van der Waals surface area contributed by atoms with Crippen LogP contribution in [0.4, 0.5) is 4.79 Å². The highest BCUT2D eigenvalue weighted by molar-refractivity contribution is 6.17. The Hall–Kier alpha value is -1.92. The number of rotatable bonds is 3. The molecule has 1 aliphatic heterocycles. The van der Waals surface area contributed by atoms with Gasteiger partial charge >= 0.3 is 6.03 Å². The van der Waals surface area contributed by atoms with Gasteiger partial charge < -0.3 is 5.73 Å². The molecule has 0 spiro atoms. The zero-order valence-electron chi connectivity index (χ0n) is 9.85. The minimum atomic E-state index is -0.863. The number of hydrogen-bond donors (Lipinski definition) is 2. The van der Waals surface area contributed by atoms with Crippen LogP contribution in [-0.4, -0.2) is 35.2 Å². The van der Waals surface area contributed by atoms with Crippen molar-refractivity contribution < 1.29 is 19.2 Å². The highest BCUT2D eigenvalue weighted by atomic mass is 16.2. The number of carbonyl (C=O) groups excluding carboxylic acids is 4. The fourth-order valence-corrected chi connectivity index (χ4v) is 2.64. The summed E-state index contributed by atoms with van der Waals surface area (Å²) in [5.41, 5.74) is 4.98. The smallest absolute Gasteiger partial charge is 0.331 e. The van der Waals surface area contributed by atoms with Crippen LogP contribution >= 0.6 is 0 Å². The molecule has 0 radical (unpaired) electrons. The lowest BCUT2D eigenvalue weighted by molar-refractivity contribution is -0.146. The molecule has 18 heavy (non-hydrogen) atoms. The molecule has 5 amide bonds. The van der Waals surface area contributed by atoms with Crippen molar-refractivity contribution in [3.05, 3.63) is 0 Å². The first-order valence-corrected chi connectivity index (χ1v) is 5.95. The van der Waals surface area contributed by atoms with Gasteiger partial charge in [0.15, 0.2) is 0 Å². The summed E-state index contributed by atoms with van der Waals surface area (Å²) >= 11 is 0. The van der Waals surface area contributed by atoms with Crippen molar-refractivity contribution in [3.8, 4) is 0 Å². The van der Waals surface area contributed by atoms with Gasteiger partial charge in [0.25, 0.3) is 0 Å². The number of nitrogens with two attached hydrogens (primary N) is 1. The summed E-state index contributed by atoms with van der Waals surface area (Å²) < 4.78 is 0. The van der Waals surface area contributed by atoms with Gasteiger partial charge in [-0.25, -0.2) is 4.79 Å². The van der Waals surface area contributed by atoms with E-state index in [2.05, 4.69) is 5.32 Å². The molecule has 7 nitrogen and oxygen atoms in total. The molecule has 2 aliphatic rings. The summed E-state index contributed by atoms with van der Waals surface area (Å²) in [6.07, 6.45) is 3.54. The van der Waals surface area contributed by atoms with Crippen LogP contribution in [0.15, 0.2) is 0 Å². The molecule has 0 aromatic heterocycles.